The van der Waals surface area contributed by atoms with Crippen LogP contribution in [0.4, 0.5) is 0 Å². The standard InChI is InChI=1S/C35H54O10/c1-9-11-13-42-31(36)23-44-33-25(19-38-5)15-29(16-26(33)20-39-6)35(3,4)30-17-27(21-40-7)34(28(18-30)22-41-8)45-24-32(37)43-14-12-10-2/h15-18,31,36H,9-14,19-24H2,1-8H3. The molecule has 10 nitrogen and oxygen atoms in total. The molecular formula is C35H54O10. The quantitative estimate of drug-likeness (QED) is 0.0910. The van der Waals surface area contributed by atoms with E-state index >= 15 is 0 Å². The molecule has 0 fully saturated rings. The SMILES string of the molecule is CCCCOC(=O)COc1c(COC)cc(C(C)(C)c2cc(COC)c(OCC(O)OCCCC)c(COC)c2)cc1COC. The highest BCUT2D eigenvalue weighted by atomic mass is 16.6. The van der Waals surface area contributed by atoms with E-state index in [1.165, 1.54) is 0 Å². The Morgan fingerprint density at radius 1 is 0.711 bits per heavy atom. The number of aliphatic hydroxyl groups excluding tert-OH is 1. The molecule has 1 atom stereocenters. The minimum Gasteiger partial charge on any atom is -0.488 e. The number of esters is 1. The predicted octanol–water partition coefficient (Wildman–Crippen LogP) is 5.83. The topological polar surface area (TPSA) is 111 Å². The minimum atomic E-state index is -1.05. The molecule has 0 aliphatic rings. The van der Waals surface area contributed by atoms with Gasteiger partial charge in [0.15, 0.2) is 12.9 Å². The summed E-state index contributed by atoms with van der Waals surface area (Å²) in [6.45, 7) is 10.1. The van der Waals surface area contributed by atoms with Gasteiger partial charge >= 0.3 is 5.97 Å². The Morgan fingerprint density at radius 3 is 1.56 bits per heavy atom. The molecule has 254 valence electrons. The van der Waals surface area contributed by atoms with Crippen LogP contribution in [0, 0.1) is 0 Å². The summed E-state index contributed by atoms with van der Waals surface area (Å²) < 4.78 is 45.1. The molecule has 0 saturated carbocycles. The van der Waals surface area contributed by atoms with Crippen LogP contribution in [0.2, 0.25) is 0 Å². The van der Waals surface area contributed by atoms with Crippen molar-refractivity contribution in [3.63, 3.8) is 0 Å². The van der Waals surface area contributed by atoms with E-state index < -0.39 is 17.7 Å². The summed E-state index contributed by atoms with van der Waals surface area (Å²) in [6.07, 6.45) is 2.54. The number of hydrogen-bond acceptors (Lipinski definition) is 10. The fourth-order valence-corrected chi connectivity index (χ4v) is 4.89. The van der Waals surface area contributed by atoms with Crippen molar-refractivity contribution >= 4 is 5.97 Å². The van der Waals surface area contributed by atoms with Gasteiger partial charge < -0.3 is 43.0 Å². The largest absolute Gasteiger partial charge is 0.488 e. The minimum absolute atomic E-state index is 0.0196. The second kappa shape index (κ2) is 20.4. The van der Waals surface area contributed by atoms with E-state index in [1.54, 1.807) is 28.4 Å². The van der Waals surface area contributed by atoms with E-state index in [1.807, 2.05) is 19.1 Å². The average Bonchev–Trinajstić information content (AvgIpc) is 3.00. The third-order valence-electron chi connectivity index (χ3n) is 7.40. The van der Waals surface area contributed by atoms with Crippen molar-refractivity contribution in [1.82, 2.24) is 0 Å². The molecule has 0 aliphatic carbocycles. The Balaban J connectivity index is 2.52. The lowest BCUT2D eigenvalue weighted by atomic mass is 9.76. The number of carbonyl (C=O) groups excluding carboxylic acids is 1. The lowest BCUT2D eigenvalue weighted by Gasteiger charge is -2.30. The highest BCUT2D eigenvalue weighted by Crippen LogP contribution is 2.40. The van der Waals surface area contributed by atoms with Crippen LogP contribution in [-0.4, -0.2) is 72.2 Å². The van der Waals surface area contributed by atoms with Gasteiger partial charge in [-0.1, -0.05) is 40.5 Å². The Bertz CT molecular complexity index is 1110. The number of ether oxygens (including phenoxy) is 8. The second-order valence-corrected chi connectivity index (χ2v) is 11.5. The van der Waals surface area contributed by atoms with Crippen molar-refractivity contribution in [3.8, 4) is 11.5 Å². The molecular weight excluding hydrogens is 580 g/mol. The Morgan fingerprint density at radius 2 is 1.13 bits per heavy atom. The Hall–Kier alpha value is -2.73. The summed E-state index contributed by atoms with van der Waals surface area (Å²) >= 11 is 0. The summed E-state index contributed by atoms with van der Waals surface area (Å²) in [6, 6.07) is 8.21. The third-order valence-corrected chi connectivity index (χ3v) is 7.40. The first kappa shape index (κ1) is 38.5. The Kier molecular flexibility index (Phi) is 17.4. The predicted molar refractivity (Wildman–Crippen MR) is 172 cm³/mol. The number of aliphatic hydroxyl groups is 1. The van der Waals surface area contributed by atoms with E-state index in [0.29, 0.717) is 37.9 Å². The number of rotatable bonds is 23. The molecule has 1 unspecified atom stereocenters. The van der Waals surface area contributed by atoms with Crippen LogP contribution in [0.15, 0.2) is 24.3 Å². The molecule has 2 aromatic carbocycles. The van der Waals surface area contributed by atoms with E-state index in [-0.39, 0.29) is 26.4 Å². The zero-order chi connectivity index (χ0) is 33.2. The van der Waals surface area contributed by atoms with Gasteiger partial charge in [-0.2, -0.15) is 0 Å². The van der Waals surface area contributed by atoms with Crippen molar-refractivity contribution in [1.29, 1.82) is 0 Å². The highest BCUT2D eigenvalue weighted by Gasteiger charge is 2.29. The first-order chi connectivity index (χ1) is 21.7. The normalized spacial score (nSPS) is 12.3. The molecule has 0 saturated heterocycles. The molecule has 0 heterocycles. The Labute approximate surface area is 269 Å². The molecule has 0 amide bonds. The molecule has 0 aliphatic heterocycles. The van der Waals surface area contributed by atoms with Gasteiger partial charge in [0, 0.05) is 62.7 Å². The smallest absolute Gasteiger partial charge is 0.344 e. The van der Waals surface area contributed by atoms with Gasteiger partial charge in [0.25, 0.3) is 0 Å². The van der Waals surface area contributed by atoms with Crippen LogP contribution in [0.5, 0.6) is 11.5 Å². The van der Waals surface area contributed by atoms with E-state index in [2.05, 4.69) is 32.9 Å². The number of benzene rings is 2. The van der Waals surface area contributed by atoms with Gasteiger partial charge in [-0.15, -0.1) is 0 Å². The number of methoxy groups -OCH3 is 4. The summed E-state index contributed by atoms with van der Waals surface area (Å²) in [7, 11) is 6.50. The summed E-state index contributed by atoms with van der Waals surface area (Å²) in [5.41, 5.74) is 4.74. The van der Waals surface area contributed by atoms with Gasteiger partial charge in [0.2, 0.25) is 0 Å². The van der Waals surface area contributed by atoms with E-state index in [9.17, 15) is 9.90 Å². The van der Waals surface area contributed by atoms with Gasteiger partial charge in [-0.25, -0.2) is 4.79 Å². The zero-order valence-electron chi connectivity index (χ0n) is 28.5. The lowest BCUT2D eigenvalue weighted by molar-refractivity contribution is -0.146. The maximum Gasteiger partial charge on any atom is 0.344 e. The molecule has 2 rings (SSSR count). The van der Waals surface area contributed by atoms with Crippen molar-refractivity contribution in [2.24, 2.45) is 0 Å². The maximum absolute atomic E-state index is 12.3. The molecule has 10 heteroatoms. The summed E-state index contributed by atoms with van der Waals surface area (Å²) in [5.74, 6) is 0.735. The van der Waals surface area contributed by atoms with Gasteiger partial charge in [-0.3, -0.25) is 0 Å². The van der Waals surface area contributed by atoms with Gasteiger partial charge in [0.05, 0.1) is 33.0 Å². The van der Waals surface area contributed by atoms with Crippen molar-refractivity contribution in [2.45, 2.75) is 91.5 Å². The lowest BCUT2D eigenvalue weighted by Crippen LogP contribution is -2.24. The molecule has 1 N–H and O–H groups in total. The van der Waals surface area contributed by atoms with Crippen LogP contribution in [0.3, 0.4) is 0 Å². The fourth-order valence-electron chi connectivity index (χ4n) is 4.89. The summed E-state index contributed by atoms with van der Waals surface area (Å²) in [4.78, 5) is 12.3. The van der Waals surface area contributed by atoms with E-state index in [0.717, 1.165) is 59.1 Å². The third kappa shape index (κ3) is 11.9. The zero-order valence-corrected chi connectivity index (χ0v) is 28.5. The molecule has 0 radical (unpaired) electrons. The molecule has 0 bridgehead atoms. The first-order valence-corrected chi connectivity index (χ1v) is 15.7. The van der Waals surface area contributed by atoms with Crippen LogP contribution in [0.25, 0.3) is 0 Å². The number of unbranched alkanes of at least 4 members (excludes halogenated alkanes) is 2. The van der Waals surface area contributed by atoms with Crippen molar-refractivity contribution < 1.29 is 47.8 Å². The second-order valence-electron chi connectivity index (χ2n) is 11.5. The van der Waals surface area contributed by atoms with Crippen LogP contribution in [-0.2, 0) is 65.1 Å². The molecule has 0 spiro atoms. The first-order valence-electron chi connectivity index (χ1n) is 15.7. The van der Waals surface area contributed by atoms with E-state index in [4.69, 9.17) is 37.9 Å². The van der Waals surface area contributed by atoms with Gasteiger partial charge in [0.1, 0.15) is 18.1 Å². The molecule has 2 aromatic rings. The number of carbonyl (C=O) groups is 1. The number of hydrogen-bond donors (Lipinski definition) is 1. The van der Waals surface area contributed by atoms with Crippen LogP contribution in [0.1, 0.15) is 86.8 Å². The van der Waals surface area contributed by atoms with Gasteiger partial charge in [-0.05, 0) is 48.2 Å². The monoisotopic (exact) mass is 634 g/mol. The molecule has 0 aromatic heterocycles. The van der Waals surface area contributed by atoms with Crippen molar-refractivity contribution in [2.75, 3.05) is 54.9 Å². The van der Waals surface area contributed by atoms with Crippen LogP contribution < -0.4 is 9.47 Å². The highest BCUT2D eigenvalue weighted by molar-refractivity contribution is 5.71. The van der Waals surface area contributed by atoms with Crippen molar-refractivity contribution in [3.05, 3.63) is 57.6 Å². The summed E-state index contributed by atoms with van der Waals surface area (Å²) in [5, 5.41) is 10.3. The fraction of sp³-hybridized carbons (Fsp3) is 0.629. The molecule has 45 heavy (non-hydrogen) atoms. The maximum atomic E-state index is 12.3. The van der Waals surface area contributed by atoms with Crippen LogP contribution >= 0.6 is 0 Å². The average molecular weight is 635 g/mol.